The molecule has 118 valence electrons. The van der Waals surface area contributed by atoms with E-state index in [2.05, 4.69) is 5.32 Å². The number of hydrogen-bond donors (Lipinski definition) is 1. The zero-order valence-electron chi connectivity index (χ0n) is 12.3. The number of ether oxygens (including phenoxy) is 1. The zero-order chi connectivity index (χ0) is 16.4. The van der Waals surface area contributed by atoms with Gasteiger partial charge in [-0.25, -0.2) is 0 Å². The number of amides is 1. The van der Waals surface area contributed by atoms with Gasteiger partial charge in [-0.05, 0) is 19.1 Å². The fourth-order valence-electron chi connectivity index (χ4n) is 2.39. The van der Waals surface area contributed by atoms with Crippen molar-refractivity contribution in [3.63, 3.8) is 0 Å². The Bertz CT molecular complexity index is 778. The lowest BCUT2D eigenvalue weighted by atomic mass is 10.1. The highest BCUT2D eigenvalue weighted by Gasteiger charge is 2.29. The molecule has 0 saturated heterocycles. The van der Waals surface area contributed by atoms with Crippen LogP contribution in [-0.2, 0) is 0 Å². The zero-order valence-corrected chi connectivity index (χ0v) is 13.1. The molecule has 0 spiro atoms. The van der Waals surface area contributed by atoms with Gasteiger partial charge in [-0.15, -0.1) is 0 Å². The minimum absolute atomic E-state index is 0.0901. The molecular weight excluding hydrogens is 316 g/mol. The number of carbonyl (C=O) groups is 1. The molecule has 1 aliphatic rings. The molecule has 1 heterocycles. The average molecular weight is 330 g/mol. The van der Waals surface area contributed by atoms with Crippen LogP contribution in [0.15, 0.2) is 47.4 Å². The van der Waals surface area contributed by atoms with Gasteiger partial charge >= 0.3 is 0 Å². The van der Waals surface area contributed by atoms with Gasteiger partial charge in [0.1, 0.15) is 11.1 Å². The third kappa shape index (κ3) is 3.00. The van der Waals surface area contributed by atoms with Gasteiger partial charge in [0.05, 0.1) is 17.1 Å². The van der Waals surface area contributed by atoms with Gasteiger partial charge in [0, 0.05) is 22.6 Å². The van der Waals surface area contributed by atoms with E-state index in [0.717, 1.165) is 16.2 Å². The van der Waals surface area contributed by atoms with Crippen LogP contribution in [0.1, 0.15) is 28.2 Å². The molecule has 0 bridgehead atoms. The topological polar surface area (TPSA) is 81.5 Å². The van der Waals surface area contributed by atoms with Crippen molar-refractivity contribution < 1.29 is 14.5 Å². The number of rotatable bonds is 4. The molecular formula is C16H14N2O4S. The Morgan fingerprint density at radius 1 is 1.30 bits per heavy atom. The van der Waals surface area contributed by atoms with Gasteiger partial charge in [-0.1, -0.05) is 30.0 Å². The summed E-state index contributed by atoms with van der Waals surface area (Å²) in [6, 6.07) is 11.9. The van der Waals surface area contributed by atoms with E-state index in [1.165, 1.54) is 23.9 Å². The summed E-state index contributed by atoms with van der Waals surface area (Å²) in [7, 11) is 0. The summed E-state index contributed by atoms with van der Waals surface area (Å²) in [5.41, 5.74) is 1.11. The van der Waals surface area contributed by atoms with Crippen molar-refractivity contribution in [2.24, 2.45) is 0 Å². The molecule has 7 heteroatoms. The first-order valence-corrected chi connectivity index (χ1v) is 7.95. The Kier molecular flexibility index (Phi) is 4.20. The first-order chi connectivity index (χ1) is 11.1. The number of non-ortho nitro benzene ring substituents is 1. The van der Waals surface area contributed by atoms with Crippen molar-refractivity contribution in [3.8, 4) is 5.75 Å². The van der Waals surface area contributed by atoms with Gasteiger partial charge in [0.25, 0.3) is 11.6 Å². The predicted molar refractivity (Wildman–Crippen MR) is 86.8 cm³/mol. The second-order valence-corrected chi connectivity index (χ2v) is 6.03. The maximum Gasteiger partial charge on any atom is 0.270 e. The average Bonchev–Trinajstić information content (AvgIpc) is 2.55. The number of fused-ring (bicyclic) bond motifs is 1. The molecule has 6 nitrogen and oxygen atoms in total. The van der Waals surface area contributed by atoms with Crippen LogP contribution in [0.3, 0.4) is 0 Å². The Hall–Kier alpha value is -2.54. The largest absolute Gasteiger partial charge is 0.493 e. The van der Waals surface area contributed by atoms with E-state index in [0.29, 0.717) is 12.2 Å². The summed E-state index contributed by atoms with van der Waals surface area (Å²) in [6.07, 6.45) is 0. The fraction of sp³-hybridized carbons (Fsp3) is 0.188. The lowest BCUT2D eigenvalue weighted by molar-refractivity contribution is -0.384. The number of hydrogen-bond acceptors (Lipinski definition) is 5. The van der Waals surface area contributed by atoms with E-state index in [4.69, 9.17) is 4.74 Å². The summed E-state index contributed by atoms with van der Waals surface area (Å²) >= 11 is 1.44. The molecule has 0 fully saturated rings. The van der Waals surface area contributed by atoms with Crippen molar-refractivity contribution in [2.45, 2.75) is 17.2 Å². The SMILES string of the molecule is CCOc1ccccc1C1NC(=O)c2cc([N+](=O)[O-])ccc2S1. The van der Waals surface area contributed by atoms with Crippen molar-refractivity contribution >= 4 is 23.4 Å². The molecule has 2 aromatic carbocycles. The van der Waals surface area contributed by atoms with Crippen molar-refractivity contribution in [1.82, 2.24) is 5.32 Å². The molecule has 3 rings (SSSR count). The van der Waals surface area contributed by atoms with E-state index >= 15 is 0 Å². The maximum atomic E-state index is 12.3. The summed E-state index contributed by atoms with van der Waals surface area (Å²) in [5, 5.41) is 13.4. The first kappa shape index (κ1) is 15.4. The number of nitrogens with one attached hydrogen (secondary N) is 1. The van der Waals surface area contributed by atoms with E-state index in [9.17, 15) is 14.9 Å². The van der Waals surface area contributed by atoms with Gasteiger partial charge in [-0.3, -0.25) is 14.9 Å². The van der Waals surface area contributed by atoms with Crippen LogP contribution in [0.5, 0.6) is 5.75 Å². The van der Waals surface area contributed by atoms with Crippen molar-refractivity contribution in [1.29, 1.82) is 0 Å². The Morgan fingerprint density at radius 3 is 2.83 bits per heavy atom. The fourth-order valence-corrected chi connectivity index (χ4v) is 3.56. The van der Waals surface area contributed by atoms with Crippen LogP contribution in [0.25, 0.3) is 0 Å². The van der Waals surface area contributed by atoms with Crippen LogP contribution in [0.2, 0.25) is 0 Å². The number of benzene rings is 2. The minimum atomic E-state index is -0.505. The van der Waals surface area contributed by atoms with Crippen LogP contribution in [-0.4, -0.2) is 17.4 Å². The molecule has 1 aliphatic heterocycles. The molecule has 1 atom stereocenters. The number of nitrogens with zero attached hydrogens (tertiary/aromatic N) is 1. The van der Waals surface area contributed by atoms with Crippen molar-refractivity contribution in [2.75, 3.05) is 6.61 Å². The van der Waals surface area contributed by atoms with E-state index in [1.54, 1.807) is 6.07 Å². The lowest BCUT2D eigenvalue weighted by Gasteiger charge is -2.26. The Labute approximate surface area is 137 Å². The number of nitro groups is 1. The summed E-state index contributed by atoms with van der Waals surface area (Å²) in [4.78, 5) is 23.4. The summed E-state index contributed by atoms with van der Waals surface area (Å²) in [5.74, 6) is 0.400. The molecule has 1 N–H and O–H groups in total. The quantitative estimate of drug-likeness (QED) is 0.685. The van der Waals surface area contributed by atoms with Crippen LogP contribution in [0.4, 0.5) is 5.69 Å². The van der Waals surface area contributed by atoms with Crippen LogP contribution >= 0.6 is 11.8 Å². The van der Waals surface area contributed by atoms with E-state index in [1.807, 2.05) is 31.2 Å². The molecule has 2 aromatic rings. The number of para-hydroxylation sites is 1. The van der Waals surface area contributed by atoms with Gasteiger partial charge in [-0.2, -0.15) is 0 Å². The highest BCUT2D eigenvalue weighted by atomic mass is 32.2. The highest BCUT2D eigenvalue weighted by molar-refractivity contribution is 7.99. The standard InChI is InChI=1S/C16H14N2O4S/c1-2-22-13-6-4-3-5-11(13)16-17-15(19)12-9-10(18(20)21)7-8-14(12)23-16/h3-9,16H,2H2,1H3,(H,17,19). The minimum Gasteiger partial charge on any atom is -0.493 e. The molecule has 0 saturated carbocycles. The van der Waals surface area contributed by atoms with Gasteiger partial charge < -0.3 is 10.1 Å². The smallest absolute Gasteiger partial charge is 0.270 e. The summed E-state index contributed by atoms with van der Waals surface area (Å²) in [6.45, 7) is 2.43. The first-order valence-electron chi connectivity index (χ1n) is 7.08. The molecule has 23 heavy (non-hydrogen) atoms. The molecule has 0 aliphatic carbocycles. The second-order valence-electron chi connectivity index (χ2n) is 4.88. The Balaban J connectivity index is 1.95. The van der Waals surface area contributed by atoms with E-state index in [-0.39, 0.29) is 17.0 Å². The van der Waals surface area contributed by atoms with Gasteiger partial charge in [0.2, 0.25) is 0 Å². The predicted octanol–water partition coefficient (Wildman–Crippen LogP) is 3.53. The Morgan fingerprint density at radius 2 is 2.09 bits per heavy atom. The highest BCUT2D eigenvalue weighted by Crippen LogP contribution is 2.42. The molecule has 0 aromatic heterocycles. The van der Waals surface area contributed by atoms with Gasteiger partial charge in [0.15, 0.2) is 0 Å². The third-order valence-electron chi connectivity index (χ3n) is 3.43. The second kappa shape index (κ2) is 6.29. The monoisotopic (exact) mass is 330 g/mol. The van der Waals surface area contributed by atoms with Crippen molar-refractivity contribution in [3.05, 3.63) is 63.7 Å². The molecule has 0 radical (unpaired) electrons. The van der Waals surface area contributed by atoms with Crippen LogP contribution in [0, 0.1) is 10.1 Å². The normalized spacial score (nSPS) is 16.4. The van der Waals surface area contributed by atoms with E-state index < -0.39 is 4.92 Å². The molecule has 1 unspecified atom stereocenters. The number of thioether (sulfide) groups is 1. The summed E-state index contributed by atoms with van der Waals surface area (Å²) < 4.78 is 5.61. The third-order valence-corrected chi connectivity index (χ3v) is 4.64. The molecule has 1 amide bonds. The maximum absolute atomic E-state index is 12.3. The number of nitro benzene ring substituents is 1. The lowest BCUT2D eigenvalue weighted by Crippen LogP contribution is -2.31. The van der Waals surface area contributed by atoms with Crippen LogP contribution < -0.4 is 10.1 Å². The number of carbonyl (C=O) groups excluding carboxylic acids is 1.